The molecule has 0 atom stereocenters. The standard InChI is InChI=1S/C8H13N3S/c1-8(2,3)11-4-5-12-7(11)10-6-9/h4-5H2,1-3H3. The van der Waals surface area contributed by atoms with Gasteiger partial charge in [0.05, 0.1) is 0 Å². The zero-order chi connectivity index (χ0) is 9.19. The molecule has 0 aromatic rings. The van der Waals surface area contributed by atoms with Crippen molar-refractivity contribution in [2.75, 3.05) is 12.3 Å². The fourth-order valence-corrected chi connectivity index (χ4v) is 2.24. The summed E-state index contributed by atoms with van der Waals surface area (Å²) >= 11 is 1.66. The molecule has 0 aromatic carbocycles. The third kappa shape index (κ3) is 1.92. The number of rotatable bonds is 0. The summed E-state index contributed by atoms with van der Waals surface area (Å²) in [7, 11) is 0. The van der Waals surface area contributed by atoms with E-state index >= 15 is 0 Å². The Morgan fingerprint density at radius 2 is 2.25 bits per heavy atom. The molecule has 0 bridgehead atoms. The maximum atomic E-state index is 8.43. The smallest absolute Gasteiger partial charge is 0.208 e. The normalized spacial score (nSPS) is 21.5. The Morgan fingerprint density at radius 1 is 1.58 bits per heavy atom. The van der Waals surface area contributed by atoms with Gasteiger partial charge in [-0.2, -0.15) is 5.26 Å². The van der Waals surface area contributed by atoms with Crippen LogP contribution in [0.5, 0.6) is 0 Å². The average Bonchev–Trinajstić information content (AvgIpc) is 2.34. The topological polar surface area (TPSA) is 39.4 Å². The third-order valence-electron chi connectivity index (χ3n) is 1.73. The molecule has 3 nitrogen and oxygen atoms in total. The van der Waals surface area contributed by atoms with Gasteiger partial charge < -0.3 is 4.90 Å². The number of aliphatic imine (C=N–C) groups is 1. The minimum absolute atomic E-state index is 0.0825. The van der Waals surface area contributed by atoms with Gasteiger partial charge in [0.1, 0.15) is 0 Å². The van der Waals surface area contributed by atoms with Crippen molar-refractivity contribution in [2.24, 2.45) is 4.99 Å². The van der Waals surface area contributed by atoms with Crippen LogP contribution in [0.4, 0.5) is 0 Å². The van der Waals surface area contributed by atoms with Crippen LogP contribution in [0.3, 0.4) is 0 Å². The molecule has 0 aromatic heterocycles. The number of amidine groups is 1. The van der Waals surface area contributed by atoms with Crippen molar-refractivity contribution in [3.8, 4) is 6.19 Å². The summed E-state index contributed by atoms with van der Waals surface area (Å²) < 4.78 is 0. The van der Waals surface area contributed by atoms with Gasteiger partial charge in [-0.1, -0.05) is 11.8 Å². The van der Waals surface area contributed by atoms with Gasteiger partial charge in [0, 0.05) is 17.8 Å². The Bertz CT molecular complexity index is 234. The predicted molar refractivity (Wildman–Crippen MR) is 52.0 cm³/mol. The quantitative estimate of drug-likeness (QED) is 0.536. The van der Waals surface area contributed by atoms with Gasteiger partial charge in [-0.05, 0) is 20.8 Å². The molecule has 1 fully saturated rings. The van der Waals surface area contributed by atoms with Gasteiger partial charge in [-0.3, -0.25) is 0 Å². The van der Waals surface area contributed by atoms with Gasteiger partial charge in [0.2, 0.25) is 6.19 Å². The van der Waals surface area contributed by atoms with Crippen molar-refractivity contribution in [3.05, 3.63) is 0 Å². The molecule has 12 heavy (non-hydrogen) atoms. The highest BCUT2D eigenvalue weighted by Gasteiger charge is 2.29. The van der Waals surface area contributed by atoms with E-state index in [4.69, 9.17) is 5.26 Å². The lowest BCUT2D eigenvalue weighted by Gasteiger charge is -2.32. The Balaban J connectivity index is 2.79. The highest BCUT2D eigenvalue weighted by molar-refractivity contribution is 8.14. The first-order chi connectivity index (χ1) is 5.55. The maximum Gasteiger partial charge on any atom is 0.208 e. The monoisotopic (exact) mass is 183 g/mol. The van der Waals surface area contributed by atoms with E-state index in [0.717, 1.165) is 17.5 Å². The van der Waals surface area contributed by atoms with Gasteiger partial charge in [-0.25, -0.2) is 0 Å². The molecule has 0 radical (unpaired) electrons. The van der Waals surface area contributed by atoms with E-state index in [1.807, 2.05) is 6.19 Å². The molecule has 66 valence electrons. The summed E-state index contributed by atoms with van der Waals surface area (Å²) in [5.41, 5.74) is 0.0825. The number of nitrogens with zero attached hydrogens (tertiary/aromatic N) is 3. The molecule has 1 rings (SSSR count). The number of hydrogen-bond acceptors (Lipinski definition) is 3. The molecule has 0 spiro atoms. The Labute approximate surface area is 77.5 Å². The molecule has 0 unspecified atom stereocenters. The van der Waals surface area contributed by atoms with Crippen LogP contribution in [0.1, 0.15) is 20.8 Å². The summed E-state index contributed by atoms with van der Waals surface area (Å²) in [6.07, 6.45) is 1.84. The molecular formula is C8H13N3S. The zero-order valence-corrected chi connectivity index (χ0v) is 8.48. The fraction of sp³-hybridized carbons (Fsp3) is 0.750. The Hall–Kier alpha value is -0.690. The van der Waals surface area contributed by atoms with Gasteiger partial charge in [0.25, 0.3) is 0 Å². The van der Waals surface area contributed by atoms with Crippen LogP contribution in [-0.4, -0.2) is 27.9 Å². The SMILES string of the molecule is CC(C)(C)N1CCSC1=NC#N. The van der Waals surface area contributed by atoms with Crippen molar-refractivity contribution in [2.45, 2.75) is 26.3 Å². The molecule has 1 aliphatic heterocycles. The molecule has 1 heterocycles. The lowest BCUT2D eigenvalue weighted by atomic mass is 10.1. The molecule has 1 saturated heterocycles. The lowest BCUT2D eigenvalue weighted by molar-refractivity contribution is 0.260. The van der Waals surface area contributed by atoms with Crippen LogP contribution in [-0.2, 0) is 0 Å². The fourth-order valence-electron chi connectivity index (χ4n) is 1.16. The van der Waals surface area contributed by atoms with Crippen LogP contribution in [0.15, 0.2) is 4.99 Å². The van der Waals surface area contributed by atoms with E-state index in [1.54, 1.807) is 11.8 Å². The van der Waals surface area contributed by atoms with Crippen LogP contribution in [0.25, 0.3) is 0 Å². The molecule has 0 saturated carbocycles. The Kier molecular flexibility index (Phi) is 2.63. The second kappa shape index (κ2) is 3.36. The second-order valence-electron chi connectivity index (χ2n) is 3.67. The molecule has 0 N–H and O–H groups in total. The molecule has 1 aliphatic rings. The number of thioether (sulfide) groups is 1. The van der Waals surface area contributed by atoms with Crippen LogP contribution in [0, 0.1) is 11.5 Å². The van der Waals surface area contributed by atoms with Crippen molar-refractivity contribution in [3.63, 3.8) is 0 Å². The molecule has 4 heteroatoms. The number of nitriles is 1. The molecule has 0 amide bonds. The summed E-state index contributed by atoms with van der Waals surface area (Å²) in [4.78, 5) is 5.95. The van der Waals surface area contributed by atoms with Crippen LogP contribution in [0.2, 0.25) is 0 Å². The molecular weight excluding hydrogens is 170 g/mol. The van der Waals surface area contributed by atoms with Crippen molar-refractivity contribution in [1.29, 1.82) is 5.26 Å². The van der Waals surface area contributed by atoms with Crippen LogP contribution >= 0.6 is 11.8 Å². The van der Waals surface area contributed by atoms with Crippen molar-refractivity contribution < 1.29 is 0 Å². The first-order valence-electron chi connectivity index (χ1n) is 3.93. The van der Waals surface area contributed by atoms with E-state index in [9.17, 15) is 0 Å². The average molecular weight is 183 g/mol. The lowest BCUT2D eigenvalue weighted by Crippen LogP contribution is -2.41. The first-order valence-corrected chi connectivity index (χ1v) is 4.91. The predicted octanol–water partition coefficient (Wildman–Crippen LogP) is 1.67. The van der Waals surface area contributed by atoms with Crippen molar-refractivity contribution >= 4 is 16.9 Å². The third-order valence-corrected chi connectivity index (χ3v) is 2.69. The van der Waals surface area contributed by atoms with Gasteiger partial charge >= 0.3 is 0 Å². The highest BCUT2D eigenvalue weighted by atomic mass is 32.2. The van der Waals surface area contributed by atoms with Gasteiger partial charge in [-0.15, -0.1) is 4.99 Å². The van der Waals surface area contributed by atoms with Crippen molar-refractivity contribution in [1.82, 2.24) is 4.90 Å². The summed E-state index contributed by atoms with van der Waals surface area (Å²) in [6, 6.07) is 0. The number of hydrogen-bond donors (Lipinski definition) is 0. The Morgan fingerprint density at radius 3 is 2.75 bits per heavy atom. The van der Waals surface area contributed by atoms with E-state index < -0.39 is 0 Å². The van der Waals surface area contributed by atoms with Crippen LogP contribution < -0.4 is 0 Å². The van der Waals surface area contributed by atoms with E-state index in [-0.39, 0.29) is 5.54 Å². The van der Waals surface area contributed by atoms with E-state index in [1.165, 1.54) is 0 Å². The first kappa shape index (κ1) is 9.40. The van der Waals surface area contributed by atoms with E-state index in [0.29, 0.717) is 0 Å². The summed E-state index contributed by atoms with van der Waals surface area (Å²) in [5, 5.41) is 9.30. The summed E-state index contributed by atoms with van der Waals surface area (Å²) in [5.74, 6) is 1.04. The zero-order valence-electron chi connectivity index (χ0n) is 7.66. The van der Waals surface area contributed by atoms with E-state index in [2.05, 4.69) is 30.7 Å². The van der Waals surface area contributed by atoms with Gasteiger partial charge in [0.15, 0.2) is 5.17 Å². The second-order valence-corrected chi connectivity index (χ2v) is 4.73. The largest absolute Gasteiger partial charge is 0.345 e. The minimum atomic E-state index is 0.0825. The highest BCUT2D eigenvalue weighted by Crippen LogP contribution is 2.25. The molecule has 0 aliphatic carbocycles. The maximum absolute atomic E-state index is 8.43. The minimum Gasteiger partial charge on any atom is -0.345 e. The summed E-state index contributed by atoms with van der Waals surface area (Å²) in [6.45, 7) is 7.39.